The molecule has 6 nitrogen and oxygen atoms in total. The van der Waals surface area contributed by atoms with Crippen LogP contribution in [-0.2, 0) is 11.2 Å². The van der Waals surface area contributed by atoms with Crippen LogP contribution in [0.1, 0.15) is 36.9 Å². The number of hydrogen-bond donors (Lipinski definition) is 0. The van der Waals surface area contributed by atoms with Gasteiger partial charge in [0.25, 0.3) is 0 Å². The van der Waals surface area contributed by atoms with E-state index in [0.717, 1.165) is 49.1 Å². The van der Waals surface area contributed by atoms with Crippen molar-refractivity contribution in [1.29, 1.82) is 0 Å². The monoisotopic (exact) mass is 389 g/mol. The fraction of sp³-hybridized carbons (Fsp3) is 0.435. The Kier molecular flexibility index (Phi) is 4.59. The van der Waals surface area contributed by atoms with Gasteiger partial charge in [-0.05, 0) is 62.4 Å². The maximum absolute atomic E-state index is 13.1. The Morgan fingerprint density at radius 3 is 2.76 bits per heavy atom. The first-order valence-electron chi connectivity index (χ1n) is 10.5. The van der Waals surface area contributed by atoms with Gasteiger partial charge in [-0.2, -0.15) is 0 Å². The van der Waals surface area contributed by atoms with Crippen molar-refractivity contribution in [3.8, 4) is 0 Å². The second kappa shape index (κ2) is 7.26. The summed E-state index contributed by atoms with van der Waals surface area (Å²) in [7, 11) is 0. The van der Waals surface area contributed by atoms with Crippen LogP contribution in [0.3, 0.4) is 0 Å². The van der Waals surface area contributed by atoms with Gasteiger partial charge in [0.2, 0.25) is 5.91 Å². The minimum absolute atomic E-state index is 0.211. The molecule has 5 rings (SSSR count). The molecule has 0 saturated carbocycles. The lowest BCUT2D eigenvalue weighted by molar-refractivity contribution is -0.120. The first-order valence-corrected chi connectivity index (χ1v) is 10.5. The molecule has 1 aromatic heterocycles. The first kappa shape index (κ1) is 18.3. The Labute approximate surface area is 171 Å². The zero-order valence-electron chi connectivity index (χ0n) is 17.1. The van der Waals surface area contributed by atoms with Crippen LogP contribution >= 0.6 is 0 Å². The number of amides is 1. The van der Waals surface area contributed by atoms with Crippen molar-refractivity contribution in [2.75, 3.05) is 24.5 Å². The molecule has 0 unspecified atom stereocenters. The van der Waals surface area contributed by atoms with E-state index in [0.29, 0.717) is 12.6 Å². The number of fused-ring (bicyclic) bond motifs is 2. The van der Waals surface area contributed by atoms with E-state index >= 15 is 0 Å². The standard InChI is InChI=1S/C23H27N5O/c1-16-7-8-22-20(13-16)24-25-28(22)19-9-11-26(12-10-19)15-23(29)27-17(2)14-18-5-3-4-6-21(18)27/h3-8,13,17,19H,9-12,14-15H2,1-2H3/t17-/m0/s1. The van der Waals surface area contributed by atoms with Gasteiger partial charge < -0.3 is 4.90 Å². The van der Waals surface area contributed by atoms with Crippen molar-refractivity contribution in [1.82, 2.24) is 19.9 Å². The Bertz CT molecular complexity index is 1050. The molecule has 1 amide bonds. The number of aryl methyl sites for hydroxylation is 1. The second-order valence-corrected chi connectivity index (χ2v) is 8.48. The number of rotatable bonds is 3. The molecule has 0 aliphatic carbocycles. The highest BCUT2D eigenvalue weighted by Gasteiger charge is 2.32. The van der Waals surface area contributed by atoms with Gasteiger partial charge in [-0.15, -0.1) is 5.10 Å². The summed E-state index contributed by atoms with van der Waals surface area (Å²) in [5.41, 5.74) is 5.64. The molecule has 0 spiro atoms. The highest BCUT2D eigenvalue weighted by Crippen LogP contribution is 2.32. The maximum Gasteiger partial charge on any atom is 0.241 e. The molecule has 1 saturated heterocycles. The van der Waals surface area contributed by atoms with Crippen molar-refractivity contribution in [3.05, 3.63) is 53.6 Å². The summed E-state index contributed by atoms with van der Waals surface area (Å²) in [6.45, 7) is 6.53. The summed E-state index contributed by atoms with van der Waals surface area (Å²) in [5.74, 6) is 0.211. The molecule has 2 aliphatic rings. The van der Waals surface area contributed by atoms with E-state index in [9.17, 15) is 4.79 Å². The summed E-state index contributed by atoms with van der Waals surface area (Å²) in [6, 6.07) is 15.2. The summed E-state index contributed by atoms with van der Waals surface area (Å²) >= 11 is 0. The van der Waals surface area contributed by atoms with Crippen LogP contribution in [0.15, 0.2) is 42.5 Å². The molecule has 0 bridgehead atoms. The number of para-hydroxylation sites is 1. The van der Waals surface area contributed by atoms with Gasteiger partial charge >= 0.3 is 0 Å². The minimum atomic E-state index is 0.211. The summed E-state index contributed by atoms with van der Waals surface area (Å²) in [6.07, 6.45) is 2.93. The van der Waals surface area contributed by atoms with Gasteiger partial charge in [0.1, 0.15) is 5.52 Å². The number of benzene rings is 2. The lowest BCUT2D eigenvalue weighted by Gasteiger charge is -2.33. The second-order valence-electron chi connectivity index (χ2n) is 8.48. The zero-order valence-corrected chi connectivity index (χ0v) is 17.1. The Morgan fingerprint density at radius 1 is 1.14 bits per heavy atom. The summed E-state index contributed by atoms with van der Waals surface area (Å²) in [4.78, 5) is 17.3. The van der Waals surface area contributed by atoms with Gasteiger partial charge in [0.15, 0.2) is 0 Å². The lowest BCUT2D eigenvalue weighted by Crippen LogP contribution is -2.45. The van der Waals surface area contributed by atoms with Gasteiger partial charge in [-0.25, -0.2) is 4.68 Å². The predicted molar refractivity (Wildman–Crippen MR) is 114 cm³/mol. The highest BCUT2D eigenvalue weighted by molar-refractivity contribution is 5.97. The smallest absolute Gasteiger partial charge is 0.241 e. The highest BCUT2D eigenvalue weighted by atomic mass is 16.2. The molecular formula is C23H27N5O. The molecule has 3 heterocycles. The summed E-state index contributed by atoms with van der Waals surface area (Å²) < 4.78 is 2.08. The van der Waals surface area contributed by atoms with Crippen molar-refractivity contribution in [2.24, 2.45) is 0 Å². The molecule has 1 atom stereocenters. The molecule has 6 heteroatoms. The third kappa shape index (κ3) is 3.31. The predicted octanol–water partition coefficient (Wildman–Crippen LogP) is 3.35. The number of aromatic nitrogens is 3. The topological polar surface area (TPSA) is 54.3 Å². The molecule has 2 aliphatic heterocycles. The maximum atomic E-state index is 13.1. The van der Waals surface area contributed by atoms with Crippen molar-refractivity contribution >= 4 is 22.6 Å². The van der Waals surface area contributed by atoms with E-state index in [1.165, 1.54) is 11.1 Å². The molecule has 29 heavy (non-hydrogen) atoms. The average Bonchev–Trinajstić information content (AvgIpc) is 3.28. The Hall–Kier alpha value is -2.73. The zero-order chi connectivity index (χ0) is 20.0. The first-order chi connectivity index (χ1) is 14.1. The number of carbonyl (C=O) groups is 1. The minimum Gasteiger partial charge on any atom is -0.308 e. The SMILES string of the molecule is Cc1ccc2c(c1)nnn2C1CCN(CC(=O)N2c3ccccc3C[C@@H]2C)CC1. The molecule has 3 aromatic rings. The van der Waals surface area contributed by atoms with Gasteiger partial charge in [-0.1, -0.05) is 29.5 Å². The summed E-state index contributed by atoms with van der Waals surface area (Å²) in [5, 5.41) is 8.76. The normalized spacial score (nSPS) is 20.3. The molecule has 0 radical (unpaired) electrons. The van der Waals surface area contributed by atoms with Crippen LogP contribution in [0.2, 0.25) is 0 Å². The van der Waals surface area contributed by atoms with Crippen LogP contribution in [0.4, 0.5) is 5.69 Å². The van der Waals surface area contributed by atoms with Crippen molar-refractivity contribution < 1.29 is 4.79 Å². The number of piperidine rings is 1. The largest absolute Gasteiger partial charge is 0.308 e. The Morgan fingerprint density at radius 2 is 1.93 bits per heavy atom. The van der Waals surface area contributed by atoms with E-state index in [4.69, 9.17) is 0 Å². The van der Waals surface area contributed by atoms with Crippen LogP contribution in [-0.4, -0.2) is 51.5 Å². The van der Waals surface area contributed by atoms with E-state index in [1.54, 1.807) is 0 Å². The van der Waals surface area contributed by atoms with Gasteiger partial charge in [0, 0.05) is 24.8 Å². The quantitative estimate of drug-likeness (QED) is 0.689. The number of likely N-dealkylation sites (tertiary alicyclic amines) is 1. The van der Waals surface area contributed by atoms with Crippen LogP contribution in [0.25, 0.3) is 11.0 Å². The van der Waals surface area contributed by atoms with E-state index < -0.39 is 0 Å². The van der Waals surface area contributed by atoms with Crippen LogP contribution < -0.4 is 4.90 Å². The molecule has 1 fully saturated rings. The third-order valence-corrected chi connectivity index (χ3v) is 6.36. The molecule has 2 aromatic carbocycles. The number of carbonyl (C=O) groups excluding carboxylic acids is 1. The van der Waals surface area contributed by atoms with E-state index in [-0.39, 0.29) is 11.9 Å². The molecular weight excluding hydrogens is 362 g/mol. The van der Waals surface area contributed by atoms with Crippen LogP contribution in [0.5, 0.6) is 0 Å². The Balaban J connectivity index is 1.24. The average molecular weight is 390 g/mol. The number of nitrogens with zero attached hydrogens (tertiary/aromatic N) is 5. The van der Waals surface area contributed by atoms with Gasteiger partial charge in [-0.3, -0.25) is 9.69 Å². The van der Waals surface area contributed by atoms with E-state index in [2.05, 4.69) is 70.1 Å². The lowest BCUT2D eigenvalue weighted by atomic mass is 10.0. The van der Waals surface area contributed by atoms with Crippen molar-refractivity contribution in [2.45, 2.75) is 45.2 Å². The number of hydrogen-bond acceptors (Lipinski definition) is 4. The third-order valence-electron chi connectivity index (χ3n) is 6.36. The van der Waals surface area contributed by atoms with Crippen molar-refractivity contribution in [3.63, 3.8) is 0 Å². The van der Waals surface area contributed by atoms with E-state index in [1.807, 2.05) is 11.0 Å². The molecule has 150 valence electrons. The molecule has 0 N–H and O–H groups in total. The fourth-order valence-corrected chi connectivity index (χ4v) is 4.86. The number of anilines is 1. The van der Waals surface area contributed by atoms with Crippen LogP contribution in [0, 0.1) is 6.92 Å². The fourth-order valence-electron chi connectivity index (χ4n) is 4.86. The van der Waals surface area contributed by atoms with Gasteiger partial charge in [0.05, 0.1) is 18.1 Å².